The van der Waals surface area contributed by atoms with Gasteiger partial charge in [0.05, 0.1) is 52.9 Å². The predicted octanol–water partition coefficient (Wildman–Crippen LogP) is 5.16. The maximum Gasteiger partial charge on any atom is 0.227 e. The first-order chi connectivity index (χ1) is 32.7. The van der Waals surface area contributed by atoms with Crippen LogP contribution < -0.4 is 41.4 Å². The topological polar surface area (TPSA) is 230 Å². The van der Waals surface area contributed by atoms with Crippen LogP contribution >= 0.6 is 0 Å². The molecule has 1 aliphatic heterocycles. The van der Waals surface area contributed by atoms with E-state index in [1.807, 2.05) is 76.2 Å². The van der Waals surface area contributed by atoms with Crippen molar-refractivity contribution in [1.29, 1.82) is 0 Å². The number of rotatable bonds is 23. The molecule has 1 aromatic carbocycles. The average Bonchev–Trinajstić information content (AvgIpc) is 3.25. The van der Waals surface area contributed by atoms with E-state index < -0.39 is 41.4 Å². The van der Waals surface area contributed by atoms with Crippen LogP contribution in [0.15, 0.2) is 18.2 Å². The summed E-state index contributed by atoms with van der Waals surface area (Å²) in [5.41, 5.74) is 0.389. The van der Waals surface area contributed by atoms with Crippen molar-refractivity contribution in [3.05, 3.63) is 18.2 Å². The summed E-state index contributed by atoms with van der Waals surface area (Å²) in [6.45, 7) is 25.6. The van der Waals surface area contributed by atoms with Gasteiger partial charge in [0.2, 0.25) is 35.4 Å². The molecule has 0 saturated carbocycles. The zero-order chi connectivity index (χ0) is 51.5. The molecule has 0 spiro atoms. The molecule has 2 rings (SSSR count). The third-order valence-corrected chi connectivity index (χ3v) is 11.2. The highest BCUT2D eigenvalue weighted by atomic mass is 16.6. The van der Waals surface area contributed by atoms with Crippen molar-refractivity contribution >= 4 is 41.1 Å². The summed E-state index contributed by atoms with van der Waals surface area (Å²) < 4.78 is 34.5. The lowest BCUT2D eigenvalue weighted by Gasteiger charge is -2.30. The van der Waals surface area contributed by atoms with Crippen LogP contribution in [-0.4, -0.2) is 132 Å². The van der Waals surface area contributed by atoms with Gasteiger partial charge in [0.25, 0.3) is 0 Å². The van der Waals surface area contributed by atoms with Gasteiger partial charge in [-0.25, -0.2) is 0 Å². The van der Waals surface area contributed by atoms with Gasteiger partial charge in [0.1, 0.15) is 13.2 Å². The molecule has 394 valence electrons. The molecule has 1 aromatic rings. The van der Waals surface area contributed by atoms with E-state index in [-0.39, 0.29) is 112 Å². The van der Waals surface area contributed by atoms with E-state index >= 15 is 0 Å². The molecule has 1 aliphatic rings. The number of nitrogens with one attached hydrogen (secondary N) is 6. The fourth-order valence-corrected chi connectivity index (χ4v) is 7.89. The van der Waals surface area contributed by atoms with Gasteiger partial charge in [-0.2, -0.15) is 0 Å². The first kappa shape index (κ1) is 60.6. The summed E-state index contributed by atoms with van der Waals surface area (Å²) in [5.74, 6) is -5.64. The van der Waals surface area contributed by atoms with Crippen LogP contribution in [0, 0.1) is 35.5 Å². The zero-order valence-corrected chi connectivity index (χ0v) is 43.8. The largest absolute Gasteiger partial charge is 0.487 e. The van der Waals surface area contributed by atoms with Crippen molar-refractivity contribution in [1.82, 2.24) is 26.6 Å². The molecule has 0 aliphatic carbocycles. The Bertz CT molecular complexity index is 1710. The lowest BCUT2D eigenvalue weighted by molar-refractivity contribution is -0.131. The Balaban J connectivity index is 2.62. The first-order valence-corrected chi connectivity index (χ1v) is 25.2. The summed E-state index contributed by atoms with van der Waals surface area (Å²) in [5, 5.41) is 17.9. The molecule has 0 radical (unpaired) electrons. The lowest BCUT2D eigenvalue weighted by atomic mass is 9.77. The van der Waals surface area contributed by atoms with Crippen molar-refractivity contribution in [2.75, 3.05) is 71.4 Å². The van der Waals surface area contributed by atoms with E-state index in [0.29, 0.717) is 69.9 Å². The first-order valence-electron chi connectivity index (χ1n) is 25.2. The molecule has 0 bridgehead atoms. The van der Waals surface area contributed by atoms with Crippen LogP contribution in [0.4, 0.5) is 5.69 Å². The minimum absolute atomic E-state index is 0.0111. The maximum absolute atomic E-state index is 14.7. The second-order valence-corrected chi connectivity index (χ2v) is 19.6. The van der Waals surface area contributed by atoms with Gasteiger partial charge in [-0.1, -0.05) is 13.8 Å². The summed E-state index contributed by atoms with van der Waals surface area (Å²) in [4.78, 5) is 84.1. The van der Waals surface area contributed by atoms with E-state index in [1.165, 1.54) is 0 Å². The maximum atomic E-state index is 14.7. The predicted molar refractivity (Wildman–Crippen MR) is 266 cm³/mol. The zero-order valence-electron chi connectivity index (χ0n) is 43.8. The number of ether oxygens (including phenoxy) is 6. The number of carbonyl (C=O) groups excluding carboxylic acids is 6. The number of benzene rings is 1. The van der Waals surface area contributed by atoms with E-state index in [2.05, 4.69) is 31.9 Å². The molecule has 6 N–H and O–H groups in total. The Hall–Kier alpha value is -4.52. The highest BCUT2D eigenvalue weighted by Crippen LogP contribution is 2.34. The Morgan fingerprint density at radius 2 is 0.725 bits per heavy atom. The Labute approximate surface area is 412 Å². The van der Waals surface area contributed by atoms with Gasteiger partial charge in [0.15, 0.2) is 11.5 Å². The molecule has 0 fully saturated rings. The van der Waals surface area contributed by atoms with Crippen LogP contribution in [0.25, 0.3) is 0 Å². The monoisotopic (exact) mass is 977 g/mol. The van der Waals surface area contributed by atoms with Crippen LogP contribution in [0.1, 0.15) is 122 Å². The van der Waals surface area contributed by atoms with E-state index in [1.54, 1.807) is 25.1 Å². The summed E-state index contributed by atoms with van der Waals surface area (Å²) in [7, 11) is 0. The summed E-state index contributed by atoms with van der Waals surface area (Å²) in [6.07, 6.45) is 0.763. The number of amides is 6. The summed E-state index contributed by atoms with van der Waals surface area (Å²) >= 11 is 0. The molecule has 0 aromatic heterocycles. The van der Waals surface area contributed by atoms with E-state index in [9.17, 15) is 28.8 Å². The van der Waals surface area contributed by atoms with Crippen LogP contribution in [0.2, 0.25) is 0 Å². The van der Waals surface area contributed by atoms with Gasteiger partial charge < -0.3 is 60.3 Å². The number of fused-ring (bicyclic) bond motifs is 1. The van der Waals surface area contributed by atoms with Crippen molar-refractivity contribution < 1.29 is 57.2 Å². The van der Waals surface area contributed by atoms with Gasteiger partial charge in [-0.05, 0) is 120 Å². The quantitative estimate of drug-likeness (QED) is 0.0836. The van der Waals surface area contributed by atoms with Crippen LogP contribution in [0.3, 0.4) is 0 Å². The average molecular weight is 977 g/mol. The van der Waals surface area contributed by atoms with Crippen molar-refractivity contribution in [2.45, 2.75) is 152 Å². The Kier molecular flexibility index (Phi) is 29.1. The number of carbonyl (C=O) groups is 6. The molecule has 1 heterocycles. The third kappa shape index (κ3) is 25.3. The minimum Gasteiger partial charge on any atom is -0.487 e. The molecular weight excluding hydrogens is 889 g/mol. The standard InChI is InChI=1S/C51H88N6O12/c1-13-38(47(59)53-33(4)5)27-40(48(60)54-34(6)7)29-42(50(62)56-36(10)11)30-41(49(61)55-35(8)9)28-39(26-37(12)46(58)52-32(2)3)51(63)57-43-14-15-44-45(31-43)69-25-23-67-21-19-65-17-16-64-18-20-66-22-24-68-44/h14-15,31-42H,13,16-30H2,1-12H3,(H,52,58)(H,53,59)(H,54,60)(H,55,61)(H,56,62)(H,57,63). The van der Waals surface area contributed by atoms with Crippen molar-refractivity contribution in [3.63, 3.8) is 0 Å². The third-order valence-electron chi connectivity index (χ3n) is 11.2. The highest BCUT2D eigenvalue weighted by molar-refractivity contribution is 5.94. The fourth-order valence-electron chi connectivity index (χ4n) is 7.89. The van der Waals surface area contributed by atoms with Crippen LogP contribution in [-0.2, 0) is 47.7 Å². The van der Waals surface area contributed by atoms with E-state index in [4.69, 9.17) is 28.4 Å². The van der Waals surface area contributed by atoms with Crippen molar-refractivity contribution in [2.24, 2.45) is 35.5 Å². The second kappa shape index (κ2) is 33.1. The molecule has 0 saturated heterocycles. The molecule has 18 nitrogen and oxygen atoms in total. The molecular formula is C51H88N6O12. The summed E-state index contributed by atoms with van der Waals surface area (Å²) in [6, 6.07) is 4.04. The van der Waals surface area contributed by atoms with Gasteiger partial charge in [-0.15, -0.1) is 0 Å². The lowest BCUT2D eigenvalue weighted by Crippen LogP contribution is -2.44. The van der Waals surface area contributed by atoms with E-state index in [0.717, 1.165) is 0 Å². The fraction of sp³-hybridized carbons (Fsp3) is 0.765. The van der Waals surface area contributed by atoms with Crippen LogP contribution in [0.5, 0.6) is 11.5 Å². The molecule has 6 unspecified atom stereocenters. The molecule has 69 heavy (non-hydrogen) atoms. The van der Waals surface area contributed by atoms with Gasteiger partial charge in [0, 0.05) is 77.5 Å². The number of anilines is 1. The second-order valence-electron chi connectivity index (χ2n) is 19.6. The number of hydrogen-bond donors (Lipinski definition) is 6. The van der Waals surface area contributed by atoms with Gasteiger partial charge in [-0.3, -0.25) is 28.8 Å². The van der Waals surface area contributed by atoms with Gasteiger partial charge >= 0.3 is 0 Å². The Morgan fingerprint density at radius 3 is 1.10 bits per heavy atom. The normalized spacial score (nSPS) is 17.1. The van der Waals surface area contributed by atoms with Crippen molar-refractivity contribution in [3.8, 4) is 11.5 Å². The minimum atomic E-state index is -0.908. The SMILES string of the molecule is CCC(CC(CC(CC(CC(CC(C)C(=O)NC(C)C)C(=O)Nc1ccc2c(c1)OCCOCCOCCOCCOCCO2)C(=O)NC(C)C)C(=O)NC(C)C)C(=O)NC(C)C)C(=O)NC(C)C. The number of hydrogen-bond acceptors (Lipinski definition) is 12. The smallest absolute Gasteiger partial charge is 0.227 e. The molecule has 6 amide bonds. The molecule has 18 heteroatoms. The molecule has 6 atom stereocenters. The Morgan fingerprint density at radius 1 is 0.406 bits per heavy atom. The highest BCUT2D eigenvalue weighted by Gasteiger charge is 2.37.